The average molecular weight is 379 g/mol. The molecule has 0 saturated carbocycles. The number of rotatable bonds is 3. The molecule has 0 radical (unpaired) electrons. The summed E-state index contributed by atoms with van der Waals surface area (Å²) in [5.41, 5.74) is 1.09. The van der Waals surface area contributed by atoms with Crippen LogP contribution in [0.15, 0.2) is 29.3 Å². The van der Waals surface area contributed by atoms with Crippen molar-refractivity contribution >= 4 is 29.9 Å². The van der Waals surface area contributed by atoms with E-state index in [1.807, 2.05) is 0 Å². The van der Waals surface area contributed by atoms with Gasteiger partial charge in [-0.1, -0.05) is 12.1 Å². The number of guanidine groups is 1. The molecule has 0 bridgehead atoms. The molecule has 5 heteroatoms. The Hall–Kier alpha value is -0.850. The summed E-state index contributed by atoms with van der Waals surface area (Å²) in [5.74, 6) is 0.585. The Balaban J connectivity index is 0.00000324. The molecule has 0 aliphatic carbocycles. The van der Waals surface area contributed by atoms with Gasteiger partial charge < -0.3 is 10.6 Å². The van der Waals surface area contributed by atoms with Crippen LogP contribution in [0.25, 0.3) is 0 Å². The third-order valence-corrected chi connectivity index (χ3v) is 2.34. The molecule has 1 aromatic rings. The fourth-order valence-electron chi connectivity index (χ4n) is 1.51. The highest BCUT2D eigenvalue weighted by molar-refractivity contribution is 14.0. The summed E-state index contributed by atoms with van der Waals surface area (Å²) in [7, 11) is 1.75. The van der Waals surface area contributed by atoms with Crippen molar-refractivity contribution in [1.29, 1.82) is 0 Å². The SMILES string of the molecule is CN=C(NCCc1ccc(F)cc1)NC(C)(C)C.I. The summed E-state index contributed by atoms with van der Waals surface area (Å²) < 4.78 is 12.7. The van der Waals surface area contributed by atoms with E-state index in [1.165, 1.54) is 12.1 Å². The Kier molecular flexibility index (Phi) is 7.97. The monoisotopic (exact) mass is 379 g/mol. The summed E-state index contributed by atoms with van der Waals surface area (Å²) in [4.78, 5) is 4.15. The lowest BCUT2D eigenvalue weighted by Crippen LogP contribution is -2.48. The van der Waals surface area contributed by atoms with Crippen LogP contribution in [-0.4, -0.2) is 25.1 Å². The number of nitrogens with one attached hydrogen (secondary N) is 2. The predicted octanol–water partition coefficient (Wildman–Crippen LogP) is 2.95. The van der Waals surface area contributed by atoms with Gasteiger partial charge in [0.05, 0.1) is 0 Å². The number of hydrogen-bond acceptors (Lipinski definition) is 1. The molecular formula is C14H23FIN3. The molecule has 2 N–H and O–H groups in total. The number of benzene rings is 1. The maximum absolute atomic E-state index is 12.7. The number of halogens is 2. The first-order chi connectivity index (χ1) is 8.40. The van der Waals surface area contributed by atoms with Gasteiger partial charge in [0.2, 0.25) is 0 Å². The number of nitrogens with zero attached hydrogens (tertiary/aromatic N) is 1. The molecule has 0 unspecified atom stereocenters. The van der Waals surface area contributed by atoms with Crippen LogP contribution < -0.4 is 10.6 Å². The van der Waals surface area contributed by atoms with Crippen molar-refractivity contribution in [2.45, 2.75) is 32.7 Å². The second-order valence-corrected chi connectivity index (χ2v) is 5.25. The zero-order chi connectivity index (χ0) is 13.6. The summed E-state index contributed by atoms with van der Waals surface area (Å²) in [6, 6.07) is 6.57. The Morgan fingerprint density at radius 1 is 1.21 bits per heavy atom. The van der Waals surface area contributed by atoms with E-state index in [9.17, 15) is 4.39 Å². The van der Waals surface area contributed by atoms with Crippen LogP contribution >= 0.6 is 24.0 Å². The van der Waals surface area contributed by atoms with Crippen molar-refractivity contribution in [2.75, 3.05) is 13.6 Å². The summed E-state index contributed by atoms with van der Waals surface area (Å²) in [6.07, 6.45) is 0.838. The van der Waals surface area contributed by atoms with Crippen LogP contribution in [0.4, 0.5) is 4.39 Å². The summed E-state index contributed by atoms with van der Waals surface area (Å²) in [5, 5.41) is 6.51. The third-order valence-electron chi connectivity index (χ3n) is 2.34. The van der Waals surface area contributed by atoms with E-state index in [-0.39, 0.29) is 35.3 Å². The number of hydrogen-bond donors (Lipinski definition) is 2. The highest BCUT2D eigenvalue weighted by Gasteiger charge is 2.11. The first-order valence-corrected chi connectivity index (χ1v) is 6.14. The topological polar surface area (TPSA) is 36.4 Å². The number of aliphatic imine (C=N–C) groups is 1. The van der Waals surface area contributed by atoms with Crippen LogP contribution in [0.1, 0.15) is 26.3 Å². The van der Waals surface area contributed by atoms with Crippen LogP contribution in [0.2, 0.25) is 0 Å². The third kappa shape index (κ3) is 8.02. The Morgan fingerprint density at radius 3 is 2.26 bits per heavy atom. The maximum Gasteiger partial charge on any atom is 0.191 e. The predicted molar refractivity (Wildman–Crippen MR) is 89.8 cm³/mol. The fraction of sp³-hybridized carbons (Fsp3) is 0.500. The second-order valence-electron chi connectivity index (χ2n) is 5.25. The van der Waals surface area contributed by atoms with Gasteiger partial charge >= 0.3 is 0 Å². The molecule has 0 aliphatic rings. The first kappa shape index (κ1) is 18.1. The average Bonchev–Trinajstić information content (AvgIpc) is 2.29. The standard InChI is InChI=1S/C14H22FN3.HI/c1-14(2,3)18-13(16-4)17-10-9-11-5-7-12(15)8-6-11;/h5-8H,9-10H2,1-4H3,(H2,16,17,18);1H. The maximum atomic E-state index is 12.7. The van der Waals surface area contributed by atoms with E-state index in [0.29, 0.717) is 0 Å². The molecule has 0 saturated heterocycles. The van der Waals surface area contributed by atoms with Crippen LogP contribution in [-0.2, 0) is 6.42 Å². The van der Waals surface area contributed by atoms with E-state index in [0.717, 1.165) is 24.5 Å². The van der Waals surface area contributed by atoms with Gasteiger partial charge in [-0.2, -0.15) is 0 Å². The van der Waals surface area contributed by atoms with Crippen molar-refractivity contribution in [3.05, 3.63) is 35.6 Å². The van der Waals surface area contributed by atoms with Crippen LogP contribution in [0, 0.1) is 5.82 Å². The van der Waals surface area contributed by atoms with E-state index < -0.39 is 0 Å². The molecular weight excluding hydrogens is 356 g/mol. The zero-order valence-corrected chi connectivity index (χ0v) is 14.3. The van der Waals surface area contributed by atoms with Gasteiger partial charge in [-0.15, -0.1) is 24.0 Å². The Morgan fingerprint density at radius 2 is 1.79 bits per heavy atom. The van der Waals surface area contributed by atoms with Crippen LogP contribution in [0.5, 0.6) is 0 Å². The smallest absolute Gasteiger partial charge is 0.191 e. The molecule has 19 heavy (non-hydrogen) atoms. The minimum absolute atomic E-state index is 0. The molecule has 0 atom stereocenters. The van der Waals surface area contributed by atoms with Crippen molar-refractivity contribution in [3.63, 3.8) is 0 Å². The summed E-state index contributed by atoms with van der Waals surface area (Å²) >= 11 is 0. The Bertz CT molecular complexity index is 396. The van der Waals surface area contributed by atoms with E-state index in [4.69, 9.17) is 0 Å². The molecule has 0 amide bonds. The van der Waals surface area contributed by atoms with Gasteiger partial charge in [-0.25, -0.2) is 4.39 Å². The molecule has 108 valence electrons. The van der Waals surface area contributed by atoms with E-state index >= 15 is 0 Å². The minimum atomic E-state index is -0.197. The molecule has 0 fully saturated rings. The lowest BCUT2D eigenvalue weighted by molar-refractivity contribution is 0.501. The lowest BCUT2D eigenvalue weighted by atomic mass is 10.1. The van der Waals surface area contributed by atoms with Gasteiger partial charge in [0.25, 0.3) is 0 Å². The van der Waals surface area contributed by atoms with Crippen molar-refractivity contribution < 1.29 is 4.39 Å². The van der Waals surface area contributed by atoms with E-state index in [2.05, 4.69) is 36.4 Å². The van der Waals surface area contributed by atoms with Gasteiger partial charge in [0.15, 0.2) is 5.96 Å². The fourth-order valence-corrected chi connectivity index (χ4v) is 1.51. The van der Waals surface area contributed by atoms with Crippen molar-refractivity contribution in [3.8, 4) is 0 Å². The highest BCUT2D eigenvalue weighted by atomic mass is 127. The molecule has 0 aromatic heterocycles. The normalized spacial score (nSPS) is 11.7. The highest BCUT2D eigenvalue weighted by Crippen LogP contribution is 2.03. The quantitative estimate of drug-likeness (QED) is 0.481. The van der Waals surface area contributed by atoms with Gasteiger partial charge in [-0.05, 0) is 44.9 Å². The summed E-state index contributed by atoms with van der Waals surface area (Å²) in [6.45, 7) is 7.01. The van der Waals surface area contributed by atoms with Gasteiger partial charge in [0, 0.05) is 19.1 Å². The molecule has 3 nitrogen and oxygen atoms in total. The molecule has 0 spiro atoms. The molecule has 1 aromatic carbocycles. The van der Waals surface area contributed by atoms with Crippen LogP contribution in [0.3, 0.4) is 0 Å². The van der Waals surface area contributed by atoms with Crippen molar-refractivity contribution in [1.82, 2.24) is 10.6 Å². The first-order valence-electron chi connectivity index (χ1n) is 6.14. The zero-order valence-electron chi connectivity index (χ0n) is 12.0. The molecule has 0 heterocycles. The Labute approximate surface area is 132 Å². The molecule has 0 aliphatic heterocycles. The lowest BCUT2D eigenvalue weighted by Gasteiger charge is -2.23. The molecule has 1 rings (SSSR count). The minimum Gasteiger partial charge on any atom is -0.356 e. The second kappa shape index (κ2) is 8.35. The van der Waals surface area contributed by atoms with E-state index in [1.54, 1.807) is 19.2 Å². The van der Waals surface area contributed by atoms with Crippen molar-refractivity contribution in [2.24, 2.45) is 4.99 Å². The van der Waals surface area contributed by atoms with Gasteiger partial charge in [-0.3, -0.25) is 4.99 Å². The van der Waals surface area contributed by atoms with Gasteiger partial charge in [0.1, 0.15) is 5.82 Å². The largest absolute Gasteiger partial charge is 0.356 e.